The highest BCUT2D eigenvalue weighted by molar-refractivity contribution is 7.99. The zero-order valence-electron chi connectivity index (χ0n) is 10.4. The van der Waals surface area contributed by atoms with Gasteiger partial charge in [0.1, 0.15) is 11.5 Å². The predicted molar refractivity (Wildman–Crippen MR) is 79.1 cm³/mol. The quantitative estimate of drug-likeness (QED) is 0.733. The van der Waals surface area contributed by atoms with Crippen molar-refractivity contribution in [3.05, 3.63) is 53.1 Å². The van der Waals surface area contributed by atoms with Crippen molar-refractivity contribution in [3.8, 4) is 17.6 Å². The van der Waals surface area contributed by atoms with E-state index in [4.69, 9.17) is 21.6 Å². The van der Waals surface area contributed by atoms with Crippen molar-refractivity contribution in [2.75, 3.05) is 5.75 Å². The number of hydrogen-bond donors (Lipinski definition) is 0. The Hall–Kier alpha value is -1.63. The molecule has 0 atom stereocenters. The van der Waals surface area contributed by atoms with Crippen LogP contribution in [-0.4, -0.2) is 5.75 Å². The molecule has 0 aromatic heterocycles. The van der Waals surface area contributed by atoms with Crippen molar-refractivity contribution in [1.82, 2.24) is 0 Å². The predicted octanol–water partition coefficient (Wildman–Crippen LogP) is 5.12. The van der Waals surface area contributed by atoms with E-state index in [2.05, 4.69) is 6.92 Å². The van der Waals surface area contributed by atoms with Gasteiger partial charge in [-0.1, -0.05) is 30.7 Å². The number of ether oxygens (including phenoxy) is 1. The summed E-state index contributed by atoms with van der Waals surface area (Å²) in [5, 5.41) is 9.24. The molecule has 0 aliphatic carbocycles. The summed E-state index contributed by atoms with van der Waals surface area (Å²) < 4.78 is 5.83. The van der Waals surface area contributed by atoms with Gasteiger partial charge >= 0.3 is 0 Å². The summed E-state index contributed by atoms with van der Waals surface area (Å²) in [5.41, 5.74) is 0.522. The first-order valence-electron chi connectivity index (χ1n) is 5.84. The van der Waals surface area contributed by atoms with Gasteiger partial charge in [-0.15, -0.1) is 11.8 Å². The van der Waals surface area contributed by atoms with Crippen molar-refractivity contribution in [3.63, 3.8) is 0 Å². The summed E-state index contributed by atoms with van der Waals surface area (Å²) in [7, 11) is 0. The number of nitriles is 1. The second-order valence-corrected chi connectivity index (χ2v) is 5.45. The Morgan fingerprint density at radius 1 is 1.21 bits per heavy atom. The number of rotatable bonds is 4. The van der Waals surface area contributed by atoms with Crippen molar-refractivity contribution < 1.29 is 4.74 Å². The van der Waals surface area contributed by atoms with E-state index in [-0.39, 0.29) is 0 Å². The van der Waals surface area contributed by atoms with Gasteiger partial charge in [0.15, 0.2) is 0 Å². The molecule has 19 heavy (non-hydrogen) atoms. The lowest BCUT2D eigenvalue weighted by molar-refractivity contribution is 0.471. The Morgan fingerprint density at radius 2 is 2.00 bits per heavy atom. The van der Waals surface area contributed by atoms with Crippen LogP contribution in [0.1, 0.15) is 12.5 Å². The molecule has 0 saturated heterocycles. The van der Waals surface area contributed by atoms with Crippen molar-refractivity contribution in [2.45, 2.75) is 11.8 Å². The number of para-hydroxylation sites is 1. The van der Waals surface area contributed by atoms with Crippen molar-refractivity contribution in [2.24, 2.45) is 0 Å². The van der Waals surface area contributed by atoms with E-state index < -0.39 is 0 Å². The number of nitrogens with zero attached hydrogens (tertiary/aromatic N) is 1. The fraction of sp³-hybridized carbons (Fsp3) is 0.133. The second-order valence-electron chi connectivity index (χ2n) is 3.74. The van der Waals surface area contributed by atoms with Crippen LogP contribution >= 0.6 is 23.4 Å². The maximum atomic E-state index is 8.80. The average Bonchev–Trinajstić information content (AvgIpc) is 2.43. The van der Waals surface area contributed by atoms with E-state index in [1.54, 1.807) is 30.0 Å². The largest absolute Gasteiger partial charge is 0.455 e. The molecule has 2 rings (SSSR count). The monoisotopic (exact) mass is 289 g/mol. The van der Waals surface area contributed by atoms with Crippen LogP contribution < -0.4 is 4.74 Å². The van der Waals surface area contributed by atoms with Gasteiger partial charge in [-0.05, 0) is 36.1 Å². The van der Waals surface area contributed by atoms with E-state index in [0.29, 0.717) is 16.3 Å². The number of thioether (sulfide) groups is 1. The van der Waals surface area contributed by atoms with Gasteiger partial charge in [0.25, 0.3) is 0 Å². The maximum absolute atomic E-state index is 8.80. The van der Waals surface area contributed by atoms with E-state index in [1.807, 2.05) is 30.3 Å². The third-order valence-corrected chi connectivity index (χ3v) is 3.66. The molecule has 0 aliphatic rings. The fourth-order valence-electron chi connectivity index (χ4n) is 1.58. The summed E-state index contributed by atoms with van der Waals surface area (Å²) in [4.78, 5) is 1.07. The Bertz CT molecular complexity index is 622. The molecule has 0 unspecified atom stereocenters. The van der Waals surface area contributed by atoms with Gasteiger partial charge in [0.05, 0.1) is 21.6 Å². The lowest BCUT2D eigenvalue weighted by atomic mass is 10.2. The highest BCUT2D eigenvalue weighted by Crippen LogP contribution is 2.35. The summed E-state index contributed by atoms with van der Waals surface area (Å²) in [6.07, 6.45) is 0. The zero-order chi connectivity index (χ0) is 13.7. The molecule has 0 N–H and O–H groups in total. The van der Waals surface area contributed by atoms with Gasteiger partial charge in [-0.3, -0.25) is 0 Å². The fourth-order valence-corrected chi connectivity index (χ4v) is 2.54. The standard InChI is InChI=1S/C15H12ClNOS/c1-2-19-15-6-4-3-5-14(15)18-13-8-7-11(10-17)9-12(13)16/h3-9H,2H2,1H3. The molecule has 0 saturated carbocycles. The SMILES string of the molecule is CCSc1ccccc1Oc1ccc(C#N)cc1Cl. The van der Waals surface area contributed by atoms with E-state index in [1.165, 1.54) is 0 Å². The van der Waals surface area contributed by atoms with Crippen molar-refractivity contribution >= 4 is 23.4 Å². The molecule has 0 spiro atoms. The van der Waals surface area contributed by atoms with Crippen LogP contribution in [0.4, 0.5) is 0 Å². The van der Waals surface area contributed by atoms with Gasteiger partial charge in [0, 0.05) is 0 Å². The maximum Gasteiger partial charge on any atom is 0.146 e. The minimum absolute atomic E-state index is 0.440. The minimum atomic E-state index is 0.440. The molecule has 0 radical (unpaired) electrons. The van der Waals surface area contributed by atoms with Gasteiger partial charge in [0.2, 0.25) is 0 Å². The summed E-state index contributed by atoms with van der Waals surface area (Å²) in [6.45, 7) is 2.09. The first-order valence-corrected chi connectivity index (χ1v) is 7.20. The van der Waals surface area contributed by atoms with Crippen LogP contribution in [0.5, 0.6) is 11.5 Å². The molecule has 2 aromatic carbocycles. The molecule has 0 heterocycles. The van der Waals surface area contributed by atoms with Crippen LogP contribution in [0.15, 0.2) is 47.4 Å². The minimum Gasteiger partial charge on any atom is -0.455 e. The van der Waals surface area contributed by atoms with E-state index in [0.717, 1.165) is 16.4 Å². The average molecular weight is 290 g/mol. The molecule has 0 aliphatic heterocycles. The van der Waals surface area contributed by atoms with E-state index >= 15 is 0 Å². The summed E-state index contributed by atoms with van der Waals surface area (Å²) >= 11 is 7.82. The molecular weight excluding hydrogens is 278 g/mol. The highest BCUT2D eigenvalue weighted by atomic mass is 35.5. The molecule has 4 heteroatoms. The molecule has 2 nitrogen and oxygen atoms in total. The normalized spacial score (nSPS) is 9.95. The van der Waals surface area contributed by atoms with Crippen LogP contribution in [0.25, 0.3) is 0 Å². The number of hydrogen-bond acceptors (Lipinski definition) is 3. The topological polar surface area (TPSA) is 33.0 Å². The van der Waals surface area contributed by atoms with Gasteiger partial charge in [-0.2, -0.15) is 5.26 Å². The molecule has 96 valence electrons. The van der Waals surface area contributed by atoms with Gasteiger partial charge in [-0.25, -0.2) is 0 Å². The molecule has 0 fully saturated rings. The highest BCUT2D eigenvalue weighted by Gasteiger charge is 2.08. The summed E-state index contributed by atoms with van der Waals surface area (Å²) in [6, 6.07) is 14.9. The van der Waals surface area contributed by atoms with Crippen LogP contribution in [-0.2, 0) is 0 Å². The first-order chi connectivity index (χ1) is 9.24. The lowest BCUT2D eigenvalue weighted by Gasteiger charge is -2.11. The molecule has 0 amide bonds. The second kappa shape index (κ2) is 6.51. The van der Waals surface area contributed by atoms with E-state index in [9.17, 15) is 0 Å². The van der Waals surface area contributed by atoms with Gasteiger partial charge < -0.3 is 4.74 Å². The third kappa shape index (κ3) is 3.44. The van der Waals surface area contributed by atoms with Crippen molar-refractivity contribution in [1.29, 1.82) is 5.26 Å². The zero-order valence-corrected chi connectivity index (χ0v) is 12.0. The molecule has 0 bridgehead atoms. The number of halogens is 1. The lowest BCUT2D eigenvalue weighted by Crippen LogP contribution is -1.88. The first kappa shape index (κ1) is 13.8. The molecular formula is C15H12ClNOS. The van der Waals surface area contributed by atoms with Crippen LogP contribution in [0.3, 0.4) is 0 Å². The summed E-state index contributed by atoms with van der Waals surface area (Å²) in [5.74, 6) is 2.31. The molecule has 2 aromatic rings. The Kier molecular flexibility index (Phi) is 4.73. The Labute approximate surface area is 122 Å². The van der Waals surface area contributed by atoms with Crippen LogP contribution in [0, 0.1) is 11.3 Å². The number of benzene rings is 2. The third-order valence-electron chi connectivity index (χ3n) is 2.43. The Morgan fingerprint density at radius 3 is 2.68 bits per heavy atom. The van der Waals surface area contributed by atoms with Crippen LogP contribution in [0.2, 0.25) is 5.02 Å². The Balaban J connectivity index is 2.29. The smallest absolute Gasteiger partial charge is 0.146 e.